The van der Waals surface area contributed by atoms with Crippen LogP contribution < -0.4 is 19.3 Å². The first-order valence-electron chi connectivity index (χ1n) is 10.8. The number of benzene rings is 2. The molecule has 2 aromatic carbocycles. The summed E-state index contributed by atoms with van der Waals surface area (Å²) in [5.41, 5.74) is 1.94. The molecular formula is C24H25F2N3O5S. The Labute approximate surface area is 201 Å². The molecule has 3 aromatic rings. The molecule has 0 bridgehead atoms. The molecule has 8 nitrogen and oxygen atoms in total. The number of anilines is 2. The van der Waals surface area contributed by atoms with Gasteiger partial charge < -0.3 is 19.0 Å². The Balaban J connectivity index is 1.59. The van der Waals surface area contributed by atoms with Gasteiger partial charge in [-0.2, -0.15) is 8.78 Å². The van der Waals surface area contributed by atoms with Crippen LogP contribution in [-0.4, -0.2) is 48.6 Å². The zero-order valence-corrected chi connectivity index (χ0v) is 20.3. The number of furan rings is 1. The predicted molar refractivity (Wildman–Crippen MR) is 129 cm³/mol. The van der Waals surface area contributed by atoms with Gasteiger partial charge in [-0.15, -0.1) is 0 Å². The number of methoxy groups -OCH3 is 1. The molecule has 0 radical (unpaired) electrons. The van der Waals surface area contributed by atoms with Gasteiger partial charge in [-0.25, -0.2) is 13.1 Å². The summed E-state index contributed by atoms with van der Waals surface area (Å²) < 4.78 is 64.9. The Morgan fingerprint density at radius 3 is 2.43 bits per heavy atom. The van der Waals surface area contributed by atoms with Gasteiger partial charge in [0.15, 0.2) is 5.76 Å². The second-order valence-electron chi connectivity index (χ2n) is 8.35. The number of sulfonamides is 1. The number of amides is 1. The molecule has 186 valence electrons. The second kappa shape index (κ2) is 9.57. The summed E-state index contributed by atoms with van der Waals surface area (Å²) in [6.07, 6.45) is -1.28. The number of nitrogens with one attached hydrogen (secondary N) is 1. The van der Waals surface area contributed by atoms with Crippen molar-refractivity contribution in [1.82, 2.24) is 4.72 Å². The summed E-state index contributed by atoms with van der Waals surface area (Å²) in [5, 5.41) is 0.654. The van der Waals surface area contributed by atoms with Crippen molar-refractivity contribution in [3.63, 3.8) is 0 Å². The van der Waals surface area contributed by atoms with Gasteiger partial charge in [-0.1, -0.05) is 0 Å². The Morgan fingerprint density at radius 1 is 1.09 bits per heavy atom. The van der Waals surface area contributed by atoms with E-state index in [9.17, 15) is 22.0 Å². The molecule has 2 heterocycles. The molecule has 1 aliphatic heterocycles. The largest absolute Gasteiger partial charge is 0.495 e. The van der Waals surface area contributed by atoms with Crippen LogP contribution in [0.3, 0.4) is 0 Å². The maximum absolute atomic E-state index is 13.1. The average Bonchev–Trinajstić information content (AvgIpc) is 3.27. The number of hydrogen-bond donors (Lipinski definition) is 1. The van der Waals surface area contributed by atoms with Crippen LogP contribution in [0.15, 0.2) is 63.4 Å². The van der Waals surface area contributed by atoms with E-state index in [-0.39, 0.29) is 34.8 Å². The van der Waals surface area contributed by atoms with Crippen molar-refractivity contribution < 1.29 is 31.1 Å². The molecule has 11 heteroatoms. The van der Waals surface area contributed by atoms with E-state index < -0.39 is 22.0 Å². The highest BCUT2D eigenvalue weighted by Gasteiger charge is 2.27. The molecule has 1 aliphatic rings. The van der Waals surface area contributed by atoms with Crippen LogP contribution in [-0.2, 0) is 10.0 Å². The van der Waals surface area contributed by atoms with Gasteiger partial charge in [-0.3, -0.25) is 4.79 Å². The number of nitrogens with zero attached hydrogens (tertiary/aromatic N) is 2. The molecule has 1 fully saturated rings. The van der Waals surface area contributed by atoms with E-state index in [4.69, 9.17) is 9.15 Å². The third-order valence-electron chi connectivity index (χ3n) is 5.91. The van der Waals surface area contributed by atoms with E-state index in [1.807, 2.05) is 34.7 Å². The third kappa shape index (κ3) is 5.09. The van der Waals surface area contributed by atoms with Gasteiger partial charge in [0.25, 0.3) is 16.1 Å². The first-order valence-corrected chi connectivity index (χ1v) is 12.3. The van der Waals surface area contributed by atoms with Crippen LogP contribution in [0.1, 0.15) is 23.4 Å². The van der Waals surface area contributed by atoms with Gasteiger partial charge in [0, 0.05) is 50.0 Å². The lowest BCUT2D eigenvalue weighted by molar-refractivity contribution is 0.0956. The quantitative estimate of drug-likeness (QED) is 0.532. The highest BCUT2D eigenvalue weighted by Crippen LogP contribution is 2.32. The van der Waals surface area contributed by atoms with E-state index in [1.165, 1.54) is 25.3 Å². The normalized spacial score (nSPS) is 14.2. The van der Waals surface area contributed by atoms with Crippen molar-refractivity contribution in [2.24, 2.45) is 0 Å². The third-order valence-corrected chi connectivity index (χ3v) is 7.26. The van der Waals surface area contributed by atoms with Crippen LogP contribution in [0.4, 0.5) is 20.2 Å². The SMILES string of the molecule is COc1ccc(N2CCC(=C(F)F)CC2)cc1S(=O)(=O)NC(=O)c1cc2ccc(N(C)C)cc2o1. The lowest BCUT2D eigenvalue weighted by Gasteiger charge is -2.30. The van der Waals surface area contributed by atoms with E-state index in [2.05, 4.69) is 0 Å². The van der Waals surface area contributed by atoms with Gasteiger partial charge in [0.1, 0.15) is 16.2 Å². The predicted octanol–water partition coefficient (Wildman–Crippen LogP) is 4.38. The van der Waals surface area contributed by atoms with Crippen molar-refractivity contribution in [2.75, 3.05) is 44.1 Å². The van der Waals surface area contributed by atoms with Crippen molar-refractivity contribution in [3.8, 4) is 5.75 Å². The minimum Gasteiger partial charge on any atom is -0.495 e. The minimum absolute atomic E-state index is 0.0432. The summed E-state index contributed by atoms with van der Waals surface area (Å²) in [5.74, 6) is -1.04. The summed E-state index contributed by atoms with van der Waals surface area (Å²) in [6.45, 7) is 0.636. The molecule has 0 aliphatic carbocycles. The van der Waals surface area contributed by atoms with E-state index in [0.717, 1.165) is 5.69 Å². The van der Waals surface area contributed by atoms with Crippen molar-refractivity contribution in [3.05, 3.63) is 59.9 Å². The van der Waals surface area contributed by atoms with Gasteiger partial charge in [-0.05, 0) is 54.8 Å². The van der Waals surface area contributed by atoms with Crippen molar-refractivity contribution in [1.29, 1.82) is 0 Å². The Kier molecular flexibility index (Phi) is 6.70. The fourth-order valence-corrected chi connectivity index (χ4v) is 5.08. The monoisotopic (exact) mass is 505 g/mol. The molecule has 0 atom stereocenters. The molecule has 1 amide bonds. The number of rotatable bonds is 6. The average molecular weight is 506 g/mol. The topological polar surface area (TPSA) is 92.1 Å². The fraction of sp³-hybridized carbons (Fsp3) is 0.292. The van der Waals surface area contributed by atoms with E-state index in [0.29, 0.717) is 29.7 Å². The van der Waals surface area contributed by atoms with Crippen LogP contribution >= 0.6 is 0 Å². The highest BCUT2D eigenvalue weighted by molar-refractivity contribution is 7.90. The fourth-order valence-electron chi connectivity index (χ4n) is 3.93. The lowest BCUT2D eigenvalue weighted by Crippen LogP contribution is -2.32. The van der Waals surface area contributed by atoms with Crippen LogP contribution in [0.5, 0.6) is 5.75 Å². The van der Waals surface area contributed by atoms with E-state index >= 15 is 0 Å². The van der Waals surface area contributed by atoms with Crippen LogP contribution in [0.25, 0.3) is 11.0 Å². The molecule has 0 unspecified atom stereocenters. The zero-order valence-electron chi connectivity index (χ0n) is 19.5. The van der Waals surface area contributed by atoms with E-state index in [1.54, 1.807) is 18.2 Å². The van der Waals surface area contributed by atoms with Crippen LogP contribution in [0.2, 0.25) is 0 Å². The second-order valence-corrected chi connectivity index (χ2v) is 10.00. The van der Waals surface area contributed by atoms with Gasteiger partial charge >= 0.3 is 5.91 Å². The lowest BCUT2D eigenvalue weighted by atomic mass is 10.0. The van der Waals surface area contributed by atoms with Crippen molar-refractivity contribution in [2.45, 2.75) is 17.7 Å². The van der Waals surface area contributed by atoms with Gasteiger partial charge in [0.05, 0.1) is 7.11 Å². The molecule has 1 aromatic heterocycles. The molecule has 0 spiro atoms. The maximum Gasteiger partial charge on any atom is 0.300 e. The summed E-state index contributed by atoms with van der Waals surface area (Å²) >= 11 is 0. The Morgan fingerprint density at radius 2 is 1.80 bits per heavy atom. The molecule has 1 N–H and O–H groups in total. The first kappa shape index (κ1) is 24.5. The molecule has 35 heavy (non-hydrogen) atoms. The number of carbonyl (C=O) groups is 1. The number of halogens is 2. The summed E-state index contributed by atoms with van der Waals surface area (Å²) in [7, 11) is 0.707. The number of fused-ring (bicyclic) bond motifs is 1. The van der Waals surface area contributed by atoms with Crippen molar-refractivity contribution >= 4 is 38.3 Å². The highest BCUT2D eigenvalue weighted by atomic mass is 32.2. The number of carbonyl (C=O) groups excluding carboxylic acids is 1. The Hall–Kier alpha value is -3.60. The number of hydrogen-bond acceptors (Lipinski definition) is 7. The molecule has 0 saturated carbocycles. The molecule has 1 saturated heterocycles. The summed E-state index contributed by atoms with van der Waals surface area (Å²) in [6, 6.07) is 11.4. The number of piperidine rings is 1. The summed E-state index contributed by atoms with van der Waals surface area (Å²) in [4.78, 5) is 16.2. The standard InChI is InChI=1S/C24H25F2N3O5S/c1-28(2)17-5-4-16-12-21(34-20(16)13-17)24(30)27-35(31,32)22-14-18(6-7-19(22)33-3)29-10-8-15(9-11-29)23(25)26/h4-7,12-14H,8-11H2,1-3H3,(H,27,30). The van der Waals surface area contributed by atoms with Gasteiger partial charge in [0.2, 0.25) is 0 Å². The zero-order chi connectivity index (χ0) is 25.3. The first-order chi connectivity index (χ1) is 16.6. The Bertz CT molecular complexity index is 1400. The molecular weight excluding hydrogens is 480 g/mol. The minimum atomic E-state index is -4.34. The molecule has 4 rings (SSSR count). The van der Waals surface area contributed by atoms with Crippen LogP contribution in [0, 0.1) is 0 Å². The number of ether oxygens (including phenoxy) is 1. The smallest absolute Gasteiger partial charge is 0.300 e. The maximum atomic E-state index is 13.1.